The number of carbonyl (C=O) groups is 2. The third kappa shape index (κ3) is 4.82. The van der Waals surface area contributed by atoms with Crippen molar-refractivity contribution in [3.63, 3.8) is 0 Å². The zero-order chi connectivity index (χ0) is 23.9. The highest BCUT2D eigenvalue weighted by Crippen LogP contribution is 2.37. The SMILES string of the molecule is CC1CCN(c2nc3c(c(=O)[nH]2)C(C(=O)Nc2ccc(Cl)c(C(F)(F)F)c2)CC(=O)N3)CC1. The molecule has 8 nitrogen and oxygen atoms in total. The van der Waals surface area contributed by atoms with Crippen molar-refractivity contribution in [2.24, 2.45) is 5.92 Å². The summed E-state index contributed by atoms with van der Waals surface area (Å²) in [5, 5.41) is 4.37. The van der Waals surface area contributed by atoms with Crippen LogP contribution in [0.4, 0.5) is 30.6 Å². The molecule has 1 atom stereocenters. The third-order valence-corrected chi connectivity index (χ3v) is 6.21. The van der Waals surface area contributed by atoms with Gasteiger partial charge in [0.2, 0.25) is 17.8 Å². The lowest BCUT2D eigenvalue weighted by molar-refractivity contribution is -0.137. The molecule has 33 heavy (non-hydrogen) atoms. The summed E-state index contributed by atoms with van der Waals surface area (Å²) < 4.78 is 39.4. The summed E-state index contributed by atoms with van der Waals surface area (Å²) in [7, 11) is 0. The zero-order valence-corrected chi connectivity index (χ0v) is 18.3. The molecule has 0 aliphatic carbocycles. The Morgan fingerprint density at radius 3 is 2.61 bits per heavy atom. The van der Waals surface area contributed by atoms with E-state index in [-0.39, 0.29) is 23.5 Å². The van der Waals surface area contributed by atoms with Crippen LogP contribution >= 0.6 is 11.6 Å². The number of amides is 2. The Kier molecular flexibility index (Phi) is 6.08. The largest absolute Gasteiger partial charge is 0.417 e. The van der Waals surface area contributed by atoms with Gasteiger partial charge in [0.1, 0.15) is 5.82 Å². The van der Waals surface area contributed by atoms with E-state index in [2.05, 4.69) is 27.5 Å². The maximum absolute atomic E-state index is 13.1. The Bertz CT molecular complexity index is 1160. The molecule has 176 valence electrons. The fourth-order valence-electron chi connectivity index (χ4n) is 4.00. The number of hydrogen-bond donors (Lipinski definition) is 3. The quantitative estimate of drug-likeness (QED) is 0.616. The summed E-state index contributed by atoms with van der Waals surface area (Å²) in [6, 6.07) is 2.93. The van der Waals surface area contributed by atoms with Gasteiger partial charge in [0.25, 0.3) is 5.56 Å². The van der Waals surface area contributed by atoms with Crippen molar-refractivity contribution in [2.75, 3.05) is 28.6 Å². The first-order valence-electron chi connectivity index (χ1n) is 10.4. The second-order valence-electron chi connectivity index (χ2n) is 8.31. The molecule has 3 heterocycles. The molecule has 1 saturated heterocycles. The molecule has 1 unspecified atom stereocenters. The summed E-state index contributed by atoms with van der Waals surface area (Å²) in [4.78, 5) is 47.0. The highest BCUT2D eigenvalue weighted by Gasteiger charge is 2.37. The lowest BCUT2D eigenvalue weighted by atomic mass is 9.92. The van der Waals surface area contributed by atoms with Gasteiger partial charge in [0.15, 0.2) is 0 Å². The minimum absolute atomic E-state index is 0.0177. The first-order chi connectivity index (χ1) is 15.5. The van der Waals surface area contributed by atoms with Crippen molar-refractivity contribution < 1.29 is 22.8 Å². The highest BCUT2D eigenvalue weighted by atomic mass is 35.5. The lowest BCUT2D eigenvalue weighted by Gasteiger charge is -2.31. The van der Waals surface area contributed by atoms with Gasteiger partial charge in [-0.1, -0.05) is 18.5 Å². The molecule has 0 saturated carbocycles. The molecule has 2 aromatic rings. The Labute approximate surface area is 191 Å². The maximum atomic E-state index is 13.1. The Morgan fingerprint density at radius 1 is 1.24 bits per heavy atom. The smallest absolute Gasteiger partial charge is 0.342 e. The monoisotopic (exact) mass is 483 g/mol. The van der Waals surface area contributed by atoms with Crippen LogP contribution in [0, 0.1) is 5.92 Å². The summed E-state index contributed by atoms with van der Waals surface area (Å²) >= 11 is 5.62. The van der Waals surface area contributed by atoms with Crippen LogP contribution in [-0.4, -0.2) is 34.9 Å². The van der Waals surface area contributed by atoms with Gasteiger partial charge in [-0.15, -0.1) is 0 Å². The van der Waals surface area contributed by atoms with Gasteiger partial charge in [-0.3, -0.25) is 19.4 Å². The number of nitrogens with one attached hydrogen (secondary N) is 3. The van der Waals surface area contributed by atoms with Crippen molar-refractivity contribution in [3.8, 4) is 0 Å². The molecule has 1 aromatic carbocycles. The van der Waals surface area contributed by atoms with Crippen LogP contribution in [0.1, 0.15) is 43.2 Å². The average Bonchev–Trinajstić information content (AvgIpc) is 2.73. The number of benzene rings is 1. The van der Waals surface area contributed by atoms with Crippen molar-refractivity contribution >= 4 is 40.9 Å². The molecule has 2 aliphatic heterocycles. The number of halogens is 4. The summed E-state index contributed by atoms with van der Waals surface area (Å²) in [6.45, 7) is 3.53. The van der Waals surface area contributed by atoms with E-state index < -0.39 is 40.1 Å². The fraction of sp³-hybridized carbons (Fsp3) is 0.429. The third-order valence-electron chi connectivity index (χ3n) is 5.88. The van der Waals surface area contributed by atoms with Gasteiger partial charge in [0, 0.05) is 25.2 Å². The van der Waals surface area contributed by atoms with E-state index in [4.69, 9.17) is 11.6 Å². The molecule has 0 spiro atoms. The van der Waals surface area contributed by atoms with Crippen LogP contribution in [0.25, 0.3) is 0 Å². The van der Waals surface area contributed by atoms with E-state index in [9.17, 15) is 27.6 Å². The van der Waals surface area contributed by atoms with Crippen LogP contribution in [0.2, 0.25) is 5.02 Å². The number of H-pyrrole nitrogens is 1. The number of hydrogen-bond acceptors (Lipinski definition) is 5. The van der Waals surface area contributed by atoms with E-state index in [1.165, 1.54) is 6.07 Å². The van der Waals surface area contributed by atoms with Crippen molar-refractivity contribution in [1.29, 1.82) is 0 Å². The van der Waals surface area contributed by atoms with Crippen LogP contribution in [0.3, 0.4) is 0 Å². The highest BCUT2D eigenvalue weighted by molar-refractivity contribution is 6.31. The predicted molar refractivity (Wildman–Crippen MR) is 117 cm³/mol. The molecule has 1 fully saturated rings. The van der Waals surface area contributed by atoms with Gasteiger partial charge in [-0.25, -0.2) is 0 Å². The molecule has 4 rings (SSSR count). The fourth-order valence-corrected chi connectivity index (χ4v) is 4.23. The van der Waals surface area contributed by atoms with E-state index in [1.54, 1.807) is 0 Å². The van der Waals surface area contributed by atoms with Gasteiger partial charge < -0.3 is 15.5 Å². The first kappa shape index (κ1) is 23.1. The number of aromatic nitrogens is 2. The van der Waals surface area contributed by atoms with Crippen LogP contribution < -0.4 is 21.1 Å². The number of carbonyl (C=O) groups excluding carboxylic acids is 2. The molecule has 2 aliphatic rings. The van der Waals surface area contributed by atoms with Gasteiger partial charge >= 0.3 is 6.18 Å². The molecule has 0 bridgehead atoms. The normalized spacial score (nSPS) is 19.1. The van der Waals surface area contributed by atoms with Gasteiger partial charge in [-0.2, -0.15) is 18.2 Å². The molecule has 1 aromatic heterocycles. The van der Waals surface area contributed by atoms with Crippen molar-refractivity contribution in [2.45, 2.75) is 38.3 Å². The topological polar surface area (TPSA) is 107 Å². The Hall–Kier alpha value is -3.08. The number of aromatic amines is 1. The number of alkyl halides is 3. The molecule has 3 N–H and O–H groups in total. The standard InChI is InChI=1S/C21H21ClF3N5O3/c1-10-4-6-30(7-5-10)20-28-17-16(19(33)29-20)12(9-15(31)27-17)18(32)26-11-2-3-14(22)13(8-11)21(23,24)25/h2-3,8,10,12H,4-7,9H2,1H3,(H,26,32)(H2,27,28,29,31,33). The number of fused-ring (bicyclic) bond motifs is 1. The van der Waals surface area contributed by atoms with E-state index >= 15 is 0 Å². The number of rotatable bonds is 3. The molecular formula is C21H21ClF3N5O3. The predicted octanol–water partition coefficient (Wildman–Crippen LogP) is 3.74. The maximum Gasteiger partial charge on any atom is 0.417 e. The number of nitrogens with zero attached hydrogens (tertiary/aromatic N) is 2. The van der Waals surface area contributed by atoms with E-state index in [0.29, 0.717) is 31.0 Å². The summed E-state index contributed by atoms with van der Waals surface area (Å²) in [5.74, 6) is -1.69. The van der Waals surface area contributed by atoms with E-state index in [0.717, 1.165) is 18.9 Å². The summed E-state index contributed by atoms with van der Waals surface area (Å²) in [5.41, 5.74) is -1.89. The molecule has 2 amide bonds. The zero-order valence-electron chi connectivity index (χ0n) is 17.6. The molecule has 0 radical (unpaired) electrons. The van der Waals surface area contributed by atoms with Crippen LogP contribution in [0.5, 0.6) is 0 Å². The number of anilines is 3. The summed E-state index contributed by atoms with van der Waals surface area (Å²) in [6.07, 6.45) is -3.19. The minimum Gasteiger partial charge on any atom is -0.342 e. The van der Waals surface area contributed by atoms with Crippen molar-refractivity contribution in [1.82, 2.24) is 9.97 Å². The van der Waals surface area contributed by atoms with Crippen molar-refractivity contribution in [3.05, 3.63) is 44.7 Å². The second kappa shape index (κ2) is 8.69. The van der Waals surface area contributed by atoms with E-state index in [1.807, 2.05) is 4.90 Å². The van der Waals surface area contributed by atoms with Crippen LogP contribution in [-0.2, 0) is 15.8 Å². The average molecular weight is 484 g/mol. The molecule has 12 heteroatoms. The Balaban J connectivity index is 1.62. The minimum atomic E-state index is -4.71. The molecular weight excluding hydrogens is 463 g/mol. The van der Waals surface area contributed by atoms with Gasteiger partial charge in [0.05, 0.1) is 22.1 Å². The lowest BCUT2D eigenvalue weighted by Crippen LogP contribution is -2.39. The second-order valence-corrected chi connectivity index (χ2v) is 8.72. The number of piperidine rings is 1. The first-order valence-corrected chi connectivity index (χ1v) is 10.8. The van der Waals surface area contributed by atoms with Gasteiger partial charge in [-0.05, 0) is 37.0 Å². The van der Waals surface area contributed by atoms with Crippen LogP contribution in [0.15, 0.2) is 23.0 Å². The Morgan fingerprint density at radius 2 is 1.94 bits per heavy atom.